The van der Waals surface area contributed by atoms with Gasteiger partial charge in [-0.25, -0.2) is 0 Å². The fourth-order valence-corrected chi connectivity index (χ4v) is 1.20. The number of ether oxygens (including phenoxy) is 2. The van der Waals surface area contributed by atoms with E-state index in [1.807, 2.05) is 27.7 Å². The topological polar surface area (TPSA) is 64.7 Å². The molecule has 0 saturated heterocycles. The normalized spacial score (nSPS) is 14.4. The Labute approximate surface area is 99.1 Å². The summed E-state index contributed by atoms with van der Waals surface area (Å²) < 4.78 is 10.7. The van der Waals surface area contributed by atoms with Gasteiger partial charge in [-0.05, 0) is 26.7 Å². The van der Waals surface area contributed by atoms with Crippen molar-refractivity contribution in [1.82, 2.24) is 0 Å². The van der Waals surface area contributed by atoms with E-state index in [0.717, 1.165) is 12.8 Å². The first-order valence-electron chi connectivity index (χ1n) is 6.09. The fourth-order valence-electron chi connectivity index (χ4n) is 1.20. The monoisotopic (exact) mass is 233 g/mol. The zero-order chi connectivity index (χ0) is 12.6. The molecule has 4 nitrogen and oxygen atoms in total. The SMILES string of the molecule is CCC(N)(CC)COCC(O)COC(C)C. The number of aliphatic hydroxyl groups excluding tert-OH is 1. The molecule has 0 aliphatic rings. The first-order valence-corrected chi connectivity index (χ1v) is 6.09. The van der Waals surface area contributed by atoms with Crippen LogP contribution in [0.25, 0.3) is 0 Å². The molecule has 0 amide bonds. The van der Waals surface area contributed by atoms with Crippen molar-refractivity contribution in [2.75, 3.05) is 19.8 Å². The van der Waals surface area contributed by atoms with E-state index in [9.17, 15) is 5.11 Å². The Morgan fingerprint density at radius 3 is 2.19 bits per heavy atom. The molecule has 0 spiro atoms. The second-order valence-electron chi connectivity index (χ2n) is 4.62. The number of aliphatic hydroxyl groups is 1. The van der Waals surface area contributed by atoms with Gasteiger partial charge in [0.05, 0.1) is 25.9 Å². The number of hydrogen-bond acceptors (Lipinski definition) is 4. The van der Waals surface area contributed by atoms with Crippen molar-refractivity contribution >= 4 is 0 Å². The predicted octanol–water partition coefficient (Wildman–Crippen LogP) is 1.31. The molecular weight excluding hydrogens is 206 g/mol. The maximum atomic E-state index is 9.55. The molecule has 0 aliphatic heterocycles. The largest absolute Gasteiger partial charge is 0.388 e. The van der Waals surface area contributed by atoms with Crippen molar-refractivity contribution < 1.29 is 14.6 Å². The van der Waals surface area contributed by atoms with Gasteiger partial charge in [-0.2, -0.15) is 0 Å². The molecule has 0 bridgehead atoms. The summed E-state index contributed by atoms with van der Waals surface area (Å²) in [6.07, 6.45) is 1.32. The molecule has 0 aromatic rings. The summed E-state index contributed by atoms with van der Waals surface area (Å²) in [5, 5.41) is 9.55. The average Bonchev–Trinajstić information content (AvgIpc) is 2.26. The van der Waals surface area contributed by atoms with Gasteiger partial charge in [0, 0.05) is 5.54 Å². The lowest BCUT2D eigenvalue weighted by Crippen LogP contribution is -2.44. The second kappa shape index (κ2) is 8.01. The smallest absolute Gasteiger partial charge is 0.101 e. The molecule has 0 radical (unpaired) electrons. The zero-order valence-electron chi connectivity index (χ0n) is 11.0. The highest BCUT2D eigenvalue weighted by Gasteiger charge is 2.20. The van der Waals surface area contributed by atoms with E-state index in [4.69, 9.17) is 15.2 Å². The molecule has 0 aromatic carbocycles. The molecule has 0 aliphatic carbocycles. The van der Waals surface area contributed by atoms with Crippen LogP contribution >= 0.6 is 0 Å². The Kier molecular flexibility index (Phi) is 7.93. The number of hydrogen-bond donors (Lipinski definition) is 2. The van der Waals surface area contributed by atoms with E-state index >= 15 is 0 Å². The van der Waals surface area contributed by atoms with Crippen LogP contribution < -0.4 is 5.73 Å². The van der Waals surface area contributed by atoms with Gasteiger partial charge in [-0.1, -0.05) is 13.8 Å². The van der Waals surface area contributed by atoms with Crippen LogP contribution in [0.2, 0.25) is 0 Å². The third-order valence-electron chi connectivity index (χ3n) is 2.73. The Balaban J connectivity index is 3.64. The van der Waals surface area contributed by atoms with Crippen LogP contribution in [0, 0.1) is 0 Å². The molecule has 16 heavy (non-hydrogen) atoms. The summed E-state index contributed by atoms with van der Waals surface area (Å²) in [5.41, 5.74) is 5.80. The van der Waals surface area contributed by atoms with E-state index < -0.39 is 6.10 Å². The standard InChI is InChI=1S/C12H27NO3/c1-5-12(13,6-2)9-15-7-11(14)8-16-10(3)4/h10-11,14H,5-9,13H2,1-4H3. The zero-order valence-corrected chi connectivity index (χ0v) is 11.0. The Hall–Kier alpha value is -0.160. The molecule has 1 unspecified atom stereocenters. The number of rotatable bonds is 9. The molecule has 3 N–H and O–H groups in total. The van der Waals surface area contributed by atoms with Gasteiger partial charge < -0.3 is 20.3 Å². The lowest BCUT2D eigenvalue weighted by Gasteiger charge is -2.26. The summed E-state index contributed by atoms with van der Waals surface area (Å²) in [5.74, 6) is 0. The van der Waals surface area contributed by atoms with Crippen LogP contribution in [0.15, 0.2) is 0 Å². The highest BCUT2D eigenvalue weighted by molar-refractivity contribution is 4.80. The predicted molar refractivity (Wildman–Crippen MR) is 65.4 cm³/mol. The molecule has 0 saturated carbocycles. The van der Waals surface area contributed by atoms with Crippen molar-refractivity contribution in [2.24, 2.45) is 5.73 Å². The van der Waals surface area contributed by atoms with E-state index in [1.165, 1.54) is 0 Å². The van der Waals surface area contributed by atoms with Gasteiger partial charge in [-0.3, -0.25) is 0 Å². The summed E-state index contributed by atoms with van der Waals surface area (Å²) in [6, 6.07) is 0. The van der Waals surface area contributed by atoms with Crippen LogP contribution in [0.1, 0.15) is 40.5 Å². The van der Waals surface area contributed by atoms with Crippen molar-refractivity contribution in [1.29, 1.82) is 0 Å². The molecule has 4 heteroatoms. The highest BCUT2D eigenvalue weighted by Crippen LogP contribution is 2.11. The Morgan fingerprint density at radius 1 is 1.19 bits per heavy atom. The third kappa shape index (κ3) is 7.17. The van der Waals surface area contributed by atoms with E-state index in [1.54, 1.807) is 0 Å². The molecule has 0 aromatic heterocycles. The van der Waals surface area contributed by atoms with Crippen LogP contribution in [-0.4, -0.2) is 42.7 Å². The van der Waals surface area contributed by atoms with Crippen LogP contribution in [0.4, 0.5) is 0 Å². The third-order valence-corrected chi connectivity index (χ3v) is 2.73. The van der Waals surface area contributed by atoms with Gasteiger partial charge in [0.2, 0.25) is 0 Å². The molecule has 0 fully saturated rings. The van der Waals surface area contributed by atoms with Gasteiger partial charge in [-0.15, -0.1) is 0 Å². The molecule has 1 atom stereocenters. The minimum atomic E-state index is -0.569. The lowest BCUT2D eigenvalue weighted by molar-refractivity contribution is -0.0437. The highest BCUT2D eigenvalue weighted by atomic mass is 16.5. The van der Waals surface area contributed by atoms with E-state index in [2.05, 4.69) is 0 Å². The van der Waals surface area contributed by atoms with Gasteiger partial charge >= 0.3 is 0 Å². The van der Waals surface area contributed by atoms with Gasteiger partial charge in [0.1, 0.15) is 6.10 Å². The Morgan fingerprint density at radius 2 is 1.75 bits per heavy atom. The summed E-state index contributed by atoms with van der Waals surface area (Å²) in [7, 11) is 0. The molecular formula is C12H27NO3. The summed E-state index contributed by atoms with van der Waals surface area (Å²) >= 11 is 0. The maximum Gasteiger partial charge on any atom is 0.101 e. The van der Waals surface area contributed by atoms with Gasteiger partial charge in [0.25, 0.3) is 0 Å². The van der Waals surface area contributed by atoms with E-state index in [0.29, 0.717) is 13.2 Å². The lowest BCUT2D eigenvalue weighted by atomic mass is 9.96. The van der Waals surface area contributed by atoms with Crippen LogP contribution in [0.5, 0.6) is 0 Å². The molecule has 0 rings (SSSR count). The quantitative estimate of drug-likeness (QED) is 0.630. The second-order valence-corrected chi connectivity index (χ2v) is 4.62. The Bertz CT molecular complexity index is 170. The van der Waals surface area contributed by atoms with Gasteiger partial charge in [0.15, 0.2) is 0 Å². The minimum absolute atomic E-state index is 0.134. The average molecular weight is 233 g/mol. The maximum absolute atomic E-state index is 9.55. The summed E-state index contributed by atoms with van der Waals surface area (Å²) in [6.45, 7) is 9.05. The first kappa shape index (κ1) is 15.8. The van der Waals surface area contributed by atoms with Crippen LogP contribution in [-0.2, 0) is 9.47 Å². The minimum Gasteiger partial charge on any atom is -0.388 e. The number of nitrogens with two attached hydrogens (primary N) is 1. The molecule has 98 valence electrons. The van der Waals surface area contributed by atoms with Crippen LogP contribution in [0.3, 0.4) is 0 Å². The summed E-state index contributed by atoms with van der Waals surface area (Å²) in [4.78, 5) is 0. The first-order chi connectivity index (χ1) is 7.43. The fraction of sp³-hybridized carbons (Fsp3) is 1.00. The van der Waals surface area contributed by atoms with Crippen molar-refractivity contribution in [3.05, 3.63) is 0 Å². The van der Waals surface area contributed by atoms with Crippen molar-refractivity contribution in [2.45, 2.75) is 58.3 Å². The van der Waals surface area contributed by atoms with E-state index in [-0.39, 0.29) is 18.2 Å². The molecule has 0 heterocycles. The van der Waals surface area contributed by atoms with Crippen molar-refractivity contribution in [3.63, 3.8) is 0 Å². The van der Waals surface area contributed by atoms with Crippen molar-refractivity contribution in [3.8, 4) is 0 Å².